The normalized spacial score (nSPS) is 21.0. The summed E-state index contributed by atoms with van der Waals surface area (Å²) in [5.74, 6) is -7.98. The molecule has 2 aromatic heterocycles. The summed E-state index contributed by atoms with van der Waals surface area (Å²) in [6, 6.07) is 3.61. The van der Waals surface area contributed by atoms with Crippen LogP contribution in [0.3, 0.4) is 0 Å². The van der Waals surface area contributed by atoms with Crippen molar-refractivity contribution in [3.8, 4) is 0 Å². The van der Waals surface area contributed by atoms with Gasteiger partial charge in [-0.05, 0) is 36.5 Å². The molecule has 0 spiro atoms. The van der Waals surface area contributed by atoms with E-state index in [0.717, 1.165) is 0 Å². The van der Waals surface area contributed by atoms with Crippen molar-refractivity contribution in [1.82, 2.24) is 19.9 Å². The minimum atomic E-state index is -3.71. The molecule has 1 aliphatic carbocycles. The van der Waals surface area contributed by atoms with Crippen LogP contribution in [0.1, 0.15) is 88.7 Å². The van der Waals surface area contributed by atoms with Crippen molar-refractivity contribution in [3.63, 3.8) is 0 Å². The fourth-order valence-electron chi connectivity index (χ4n) is 7.01. The number of aromatic nitrogens is 3. The van der Waals surface area contributed by atoms with Gasteiger partial charge >= 0.3 is 5.91 Å². The summed E-state index contributed by atoms with van der Waals surface area (Å²) in [4.78, 5) is 68.4. The number of amides is 3. The first-order chi connectivity index (χ1) is 25.2. The van der Waals surface area contributed by atoms with Crippen LogP contribution < -0.4 is 17.2 Å². The van der Waals surface area contributed by atoms with Crippen molar-refractivity contribution in [2.24, 2.45) is 23.1 Å². The molecule has 53 heavy (non-hydrogen) atoms. The van der Waals surface area contributed by atoms with E-state index in [4.69, 9.17) is 17.2 Å². The fraction of sp³-hybridized carbons (Fsp3) is 0.526. The first-order valence-electron chi connectivity index (χ1n) is 18.3. The Morgan fingerprint density at radius 3 is 2.26 bits per heavy atom. The Morgan fingerprint density at radius 1 is 1.02 bits per heavy atom. The zero-order valence-electron chi connectivity index (χ0n) is 30.6. The molecule has 1 fully saturated rings. The Bertz CT molecular complexity index is 1670. The molecule has 0 aliphatic heterocycles. The average molecular weight is 739 g/mol. The number of carbonyl (C=O) groups excluding carboxylic acids is 4. The number of hydrogen-bond donors (Lipinski definition) is 4. The van der Waals surface area contributed by atoms with Gasteiger partial charge in [-0.15, -0.1) is 0 Å². The van der Waals surface area contributed by atoms with Gasteiger partial charge in [0.15, 0.2) is 6.04 Å². The second kappa shape index (κ2) is 18.2. The van der Waals surface area contributed by atoms with Gasteiger partial charge in [-0.25, -0.2) is 18.6 Å². The van der Waals surface area contributed by atoms with E-state index in [-0.39, 0.29) is 30.9 Å². The van der Waals surface area contributed by atoms with Crippen LogP contribution >= 0.6 is 0 Å². The summed E-state index contributed by atoms with van der Waals surface area (Å²) in [5, 5.41) is 15.6. The number of pyridine rings is 1. The molecule has 7 N–H and O–H groups in total. The number of rotatable bonds is 17. The molecule has 3 aromatic rings. The summed E-state index contributed by atoms with van der Waals surface area (Å²) >= 11 is 0. The maximum Gasteiger partial charge on any atom is 0.314 e. The molecule has 288 valence electrons. The van der Waals surface area contributed by atoms with Crippen LogP contribution in [0.25, 0.3) is 0 Å². The Kier molecular flexibility index (Phi) is 14.2. The summed E-state index contributed by atoms with van der Waals surface area (Å²) in [6.07, 6.45) is 2.71. The fourth-order valence-corrected chi connectivity index (χ4v) is 7.01. The molecule has 1 aliphatic rings. The number of ketones is 1. The second-order valence-corrected chi connectivity index (χ2v) is 14.1. The van der Waals surface area contributed by atoms with E-state index in [9.17, 15) is 19.2 Å². The number of alkyl halides is 2. The number of halogens is 2. The van der Waals surface area contributed by atoms with Crippen LogP contribution in [0.15, 0.2) is 67.3 Å². The van der Waals surface area contributed by atoms with Gasteiger partial charge in [-0.3, -0.25) is 28.9 Å². The molecule has 0 saturated heterocycles. The predicted octanol–water partition coefficient (Wildman–Crippen LogP) is 3.87. The van der Waals surface area contributed by atoms with Crippen LogP contribution in [-0.2, 0) is 32.0 Å². The number of H-pyrrole nitrogens is 1. The number of benzene rings is 1. The van der Waals surface area contributed by atoms with Crippen LogP contribution in [-0.4, -0.2) is 84.1 Å². The largest absolute Gasteiger partial charge is 0.624 e. The van der Waals surface area contributed by atoms with E-state index in [2.05, 4.69) is 15.0 Å². The Morgan fingerprint density at radius 2 is 1.68 bits per heavy atom. The van der Waals surface area contributed by atoms with Crippen LogP contribution in [0, 0.1) is 11.1 Å². The first kappa shape index (κ1) is 41.5. The van der Waals surface area contributed by atoms with Crippen molar-refractivity contribution in [1.29, 1.82) is 0 Å². The number of aromatic amines is 1. The summed E-state index contributed by atoms with van der Waals surface area (Å²) in [6.45, 7) is 5.40. The highest BCUT2D eigenvalue weighted by Gasteiger charge is 2.58. The minimum Gasteiger partial charge on any atom is -0.624 e. The quantitative estimate of drug-likeness (QED) is 0.116. The number of nitrogens with one attached hydrogen (secondary N) is 1. The molecule has 1 saturated carbocycles. The average Bonchev–Trinajstić information content (AvgIpc) is 3.67. The van der Waals surface area contributed by atoms with Gasteiger partial charge in [0.1, 0.15) is 11.7 Å². The third-order valence-electron chi connectivity index (χ3n) is 10.4. The van der Waals surface area contributed by atoms with Crippen LogP contribution in [0.4, 0.5) is 8.78 Å². The lowest BCUT2D eigenvalue weighted by Gasteiger charge is -2.54. The molecule has 13 nitrogen and oxygen atoms in total. The predicted molar refractivity (Wildman–Crippen MR) is 194 cm³/mol. The van der Waals surface area contributed by atoms with Gasteiger partial charge < -0.3 is 27.4 Å². The molecule has 3 amide bonds. The molecular formula is C38H52F2N8O5. The third-order valence-corrected chi connectivity index (χ3v) is 10.4. The first-order valence-corrected chi connectivity index (χ1v) is 18.3. The highest BCUT2D eigenvalue weighted by Crippen LogP contribution is 2.45. The Balaban J connectivity index is 1.84. The third kappa shape index (κ3) is 9.45. The van der Waals surface area contributed by atoms with Crippen molar-refractivity contribution in [2.45, 2.75) is 121 Å². The van der Waals surface area contributed by atoms with Crippen molar-refractivity contribution >= 4 is 23.5 Å². The molecular weight excluding hydrogens is 686 g/mol. The molecule has 1 aromatic carbocycles. The summed E-state index contributed by atoms with van der Waals surface area (Å²) in [5.41, 5.74) is 20.1. The number of quaternary nitrogens is 1. The maximum atomic E-state index is 16.4. The minimum absolute atomic E-state index is 0.0274. The van der Waals surface area contributed by atoms with Gasteiger partial charge in [0.05, 0.1) is 36.9 Å². The topological polar surface area (TPSA) is 214 Å². The number of nitrogens with two attached hydrogens (primary N) is 3. The van der Waals surface area contributed by atoms with E-state index >= 15 is 14.0 Å². The van der Waals surface area contributed by atoms with Crippen molar-refractivity contribution in [3.05, 3.63) is 89.4 Å². The van der Waals surface area contributed by atoms with E-state index in [1.165, 1.54) is 24.8 Å². The van der Waals surface area contributed by atoms with Crippen LogP contribution in [0.5, 0.6) is 0 Å². The molecule has 4 unspecified atom stereocenters. The zero-order valence-corrected chi connectivity index (χ0v) is 30.6. The number of Topliss-reactive ketones (excluding diaryl/α,β-unsaturated/α-hetero) is 1. The van der Waals surface area contributed by atoms with Gasteiger partial charge in [0.2, 0.25) is 17.6 Å². The number of imide groups is 1. The number of hydroxylamine groups is 3. The number of carbonyl (C=O) groups is 4. The monoisotopic (exact) mass is 738 g/mol. The van der Waals surface area contributed by atoms with Gasteiger partial charge in [0.25, 0.3) is 5.92 Å². The zero-order chi connectivity index (χ0) is 38.9. The van der Waals surface area contributed by atoms with Gasteiger partial charge in [-0.2, -0.15) is 0 Å². The lowest BCUT2D eigenvalue weighted by atomic mass is 9.82. The molecule has 0 bridgehead atoms. The van der Waals surface area contributed by atoms with Crippen molar-refractivity contribution in [2.75, 3.05) is 0 Å². The number of nitrogens with zero attached hydrogens (tertiary/aromatic N) is 4. The molecule has 0 radical (unpaired) electrons. The van der Waals surface area contributed by atoms with Gasteiger partial charge in [0, 0.05) is 43.8 Å². The van der Waals surface area contributed by atoms with Crippen molar-refractivity contribution < 1.29 is 32.6 Å². The second-order valence-electron chi connectivity index (χ2n) is 14.1. The lowest BCUT2D eigenvalue weighted by Crippen LogP contribution is -2.68. The summed E-state index contributed by atoms with van der Waals surface area (Å²) < 4.78 is 30.9. The van der Waals surface area contributed by atoms with E-state index in [0.29, 0.717) is 35.4 Å². The molecule has 8 atom stereocenters. The highest BCUT2D eigenvalue weighted by molar-refractivity contribution is 6.00. The molecule has 2 heterocycles. The van der Waals surface area contributed by atoms with Gasteiger partial charge in [-0.1, -0.05) is 70.0 Å². The van der Waals surface area contributed by atoms with E-state index < -0.39 is 89.6 Å². The standard InChI is InChI=1S/C38H52F2N8O5/c1-4-6-15-32(49)48(53,34(30-14-10-11-18-45-30)35(50)33(43)24(3)5-2)27-16-17-38(39,40)31(21-27)47(37(52)29(42)20-26-22-44-23-46-26)36(51)28(41)19-25-12-8-7-9-13-25/h7-14,18,22-24,27-29,31,33-34H,4-6,15-17,19-21,41-43H2,1-3H3,(H,44,46)/t24-,27?,28-,29-,31?,33-,34?,48?/m0/s1. The maximum absolute atomic E-state index is 16.4. The molecule has 15 heteroatoms. The van der Waals surface area contributed by atoms with E-state index in [1.54, 1.807) is 49.4 Å². The number of unbranched alkanes of at least 4 members (excludes halogenated alkanes) is 1. The van der Waals surface area contributed by atoms with E-state index in [1.807, 2.05) is 13.8 Å². The van der Waals surface area contributed by atoms with Crippen LogP contribution in [0.2, 0.25) is 0 Å². The smallest absolute Gasteiger partial charge is 0.314 e. The number of hydrogen-bond acceptors (Lipinski definition) is 10. The Hall–Kier alpha value is -4.28. The SMILES string of the molecule is CCCCC(=O)[N+]([O-])(C1CCC(F)(F)C(N(C(=O)[C@@H](N)Cc2ccccc2)C(=O)[C@@H](N)Cc2cnc[nH]2)C1)C(C(=O)[C@@H](N)[C@@H](C)CC)c1ccccn1. The highest BCUT2D eigenvalue weighted by atomic mass is 19.3. The lowest BCUT2D eigenvalue weighted by molar-refractivity contribution is -0.856. The Labute approximate surface area is 308 Å². The summed E-state index contributed by atoms with van der Waals surface area (Å²) in [7, 11) is 0. The number of imidazole rings is 1. The molecule has 4 rings (SSSR count).